The Labute approximate surface area is 185 Å². The minimum absolute atomic E-state index is 0.159. The van der Waals surface area contributed by atoms with Crippen molar-refractivity contribution >= 4 is 38.7 Å². The van der Waals surface area contributed by atoms with Crippen molar-refractivity contribution < 1.29 is 0 Å². The summed E-state index contributed by atoms with van der Waals surface area (Å²) in [6.07, 6.45) is 4.27. The van der Waals surface area contributed by atoms with Crippen LogP contribution in [0.5, 0.6) is 0 Å². The maximum Gasteiger partial charge on any atom is 0.282 e. The van der Waals surface area contributed by atoms with Crippen LogP contribution in [0, 0.1) is 6.92 Å². The van der Waals surface area contributed by atoms with E-state index in [9.17, 15) is 4.79 Å². The van der Waals surface area contributed by atoms with Gasteiger partial charge >= 0.3 is 0 Å². The Morgan fingerprint density at radius 1 is 1.10 bits per heavy atom. The zero-order valence-corrected chi connectivity index (χ0v) is 19.5. The summed E-state index contributed by atoms with van der Waals surface area (Å²) in [4.78, 5) is 20.4. The van der Waals surface area contributed by atoms with E-state index < -0.39 is 0 Å². The molecule has 30 heavy (non-hydrogen) atoms. The molecule has 4 rings (SSSR count). The Morgan fingerprint density at radius 3 is 2.50 bits per heavy atom. The van der Waals surface area contributed by atoms with E-state index in [1.807, 2.05) is 32.9 Å². The molecule has 0 saturated carbocycles. The molecule has 0 amide bonds. The minimum atomic E-state index is -0.326. The van der Waals surface area contributed by atoms with Gasteiger partial charge in [-0.15, -0.1) is 0 Å². The van der Waals surface area contributed by atoms with E-state index >= 15 is 0 Å². The summed E-state index contributed by atoms with van der Waals surface area (Å²) in [5.74, 6) is 0.643. The van der Waals surface area contributed by atoms with Crippen molar-refractivity contribution in [3.63, 3.8) is 0 Å². The lowest BCUT2D eigenvalue weighted by Crippen LogP contribution is -2.29. The average Bonchev–Trinajstić information content (AvgIpc) is 3.21. The van der Waals surface area contributed by atoms with Gasteiger partial charge in [-0.3, -0.25) is 4.79 Å². The molecule has 0 aliphatic carbocycles. The Hall–Kier alpha value is -2.47. The van der Waals surface area contributed by atoms with Gasteiger partial charge < -0.3 is 4.90 Å². The molecule has 6 heteroatoms. The normalized spacial score (nSPS) is 14.9. The van der Waals surface area contributed by atoms with Crippen LogP contribution in [0.2, 0.25) is 0 Å². The number of aryl methyl sites for hydroxylation is 1. The highest BCUT2D eigenvalue weighted by atomic mass is 79.9. The molecular weight excluding hydrogens is 440 g/mol. The number of aromatic nitrogens is 2. The van der Waals surface area contributed by atoms with Gasteiger partial charge in [-0.25, -0.2) is 4.98 Å². The standard InChI is InChI=1S/C24H27BrN4O/c1-16-13-17(7-10-21(16)28-11-5-6-12-28)15-26-29-22(30)19-14-18(25)8-9-20(19)27-23(29)24(2,3)4/h7-10,13-15H,5-6,11-12H2,1-4H3. The largest absolute Gasteiger partial charge is 0.371 e. The van der Waals surface area contributed by atoms with Crippen LogP contribution in [-0.2, 0) is 5.41 Å². The molecule has 1 fully saturated rings. The van der Waals surface area contributed by atoms with Gasteiger partial charge in [0.15, 0.2) is 0 Å². The fourth-order valence-electron chi connectivity index (χ4n) is 3.94. The first-order valence-corrected chi connectivity index (χ1v) is 11.2. The highest BCUT2D eigenvalue weighted by Gasteiger charge is 2.23. The molecule has 0 bridgehead atoms. The maximum absolute atomic E-state index is 13.2. The van der Waals surface area contributed by atoms with Crippen molar-refractivity contribution in [1.82, 2.24) is 9.66 Å². The number of fused-ring (bicyclic) bond motifs is 1. The second-order valence-electron chi connectivity index (χ2n) is 8.95. The van der Waals surface area contributed by atoms with Crippen molar-refractivity contribution in [2.24, 2.45) is 5.10 Å². The first kappa shape index (κ1) is 20.8. The topological polar surface area (TPSA) is 50.5 Å². The van der Waals surface area contributed by atoms with Gasteiger partial charge in [0.25, 0.3) is 5.56 Å². The van der Waals surface area contributed by atoms with Crippen LogP contribution in [0.15, 0.2) is 50.8 Å². The summed E-state index contributed by atoms with van der Waals surface area (Å²) in [5, 5.41) is 5.13. The molecule has 2 aromatic carbocycles. The Morgan fingerprint density at radius 2 is 1.83 bits per heavy atom. The van der Waals surface area contributed by atoms with Crippen LogP contribution in [0.4, 0.5) is 5.69 Å². The van der Waals surface area contributed by atoms with Crippen LogP contribution >= 0.6 is 15.9 Å². The monoisotopic (exact) mass is 466 g/mol. The van der Waals surface area contributed by atoms with E-state index in [0.29, 0.717) is 16.7 Å². The van der Waals surface area contributed by atoms with Gasteiger partial charge in [0.2, 0.25) is 0 Å². The lowest BCUT2D eigenvalue weighted by molar-refractivity contribution is 0.506. The number of hydrogen-bond acceptors (Lipinski definition) is 4. The highest BCUT2D eigenvalue weighted by Crippen LogP contribution is 2.25. The second kappa shape index (κ2) is 7.99. The van der Waals surface area contributed by atoms with Crippen molar-refractivity contribution in [1.29, 1.82) is 0 Å². The van der Waals surface area contributed by atoms with Crippen molar-refractivity contribution in [2.45, 2.75) is 46.0 Å². The van der Waals surface area contributed by atoms with Gasteiger partial charge in [-0.05, 0) is 61.2 Å². The molecule has 1 aromatic heterocycles. The molecule has 156 valence electrons. The van der Waals surface area contributed by atoms with Gasteiger partial charge in [0.05, 0.1) is 17.1 Å². The summed E-state index contributed by atoms with van der Waals surface area (Å²) in [5.41, 5.74) is 3.68. The zero-order chi connectivity index (χ0) is 21.5. The summed E-state index contributed by atoms with van der Waals surface area (Å²) < 4.78 is 2.29. The molecule has 1 aliphatic rings. The SMILES string of the molecule is Cc1cc(C=Nn2c(C(C)(C)C)nc3ccc(Br)cc3c2=O)ccc1N1CCCC1. The molecule has 0 unspecified atom stereocenters. The summed E-state index contributed by atoms with van der Waals surface area (Å²) >= 11 is 3.45. The van der Waals surface area contributed by atoms with E-state index in [4.69, 9.17) is 4.98 Å². The van der Waals surface area contributed by atoms with Crippen LogP contribution in [-0.4, -0.2) is 29.0 Å². The first-order valence-electron chi connectivity index (χ1n) is 10.4. The van der Waals surface area contributed by atoms with E-state index in [0.717, 1.165) is 23.1 Å². The van der Waals surface area contributed by atoms with E-state index in [2.05, 4.69) is 51.1 Å². The van der Waals surface area contributed by atoms with Gasteiger partial charge in [0, 0.05) is 28.7 Å². The number of anilines is 1. The van der Waals surface area contributed by atoms with E-state index in [1.165, 1.54) is 28.8 Å². The molecule has 0 atom stereocenters. The third-order valence-electron chi connectivity index (χ3n) is 5.47. The smallest absolute Gasteiger partial charge is 0.282 e. The molecule has 5 nitrogen and oxygen atoms in total. The van der Waals surface area contributed by atoms with Crippen LogP contribution in [0.3, 0.4) is 0 Å². The molecule has 0 radical (unpaired) electrons. The Kier molecular flexibility index (Phi) is 5.53. The summed E-state index contributed by atoms with van der Waals surface area (Å²) in [6, 6.07) is 11.9. The molecule has 0 N–H and O–H groups in total. The number of benzene rings is 2. The summed E-state index contributed by atoms with van der Waals surface area (Å²) in [6.45, 7) is 10.5. The lowest BCUT2D eigenvalue weighted by Gasteiger charge is -2.21. The molecule has 1 aliphatic heterocycles. The Bertz CT molecular complexity index is 1180. The fourth-order valence-corrected chi connectivity index (χ4v) is 4.30. The number of rotatable bonds is 3. The minimum Gasteiger partial charge on any atom is -0.371 e. The highest BCUT2D eigenvalue weighted by molar-refractivity contribution is 9.10. The number of halogens is 1. The maximum atomic E-state index is 13.2. The van der Waals surface area contributed by atoms with Crippen LogP contribution in [0.25, 0.3) is 10.9 Å². The predicted molar refractivity (Wildman–Crippen MR) is 128 cm³/mol. The number of hydrogen-bond donors (Lipinski definition) is 0. The van der Waals surface area contributed by atoms with Crippen molar-refractivity contribution in [3.8, 4) is 0 Å². The fraction of sp³-hybridized carbons (Fsp3) is 0.375. The zero-order valence-electron chi connectivity index (χ0n) is 17.9. The molecule has 3 aromatic rings. The lowest BCUT2D eigenvalue weighted by atomic mass is 9.95. The molecule has 0 spiro atoms. The van der Waals surface area contributed by atoms with E-state index in [-0.39, 0.29) is 11.0 Å². The molecular formula is C24H27BrN4O. The Balaban J connectivity index is 1.77. The quantitative estimate of drug-likeness (QED) is 0.495. The third-order valence-corrected chi connectivity index (χ3v) is 5.96. The van der Waals surface area contributed by atoms with Gasteiger partial charge in [-0.2, -0.15) is 9.78 Å². The van der Waals surface area contributed by atoms with Gasteiger partial charge in [0.1, 0.15) is 5.82 Å². The predicted octanol–water partition coefficient (Wildman–Crippen LogP) is 5.25. The van der Waals surface area contributed by atoms with Crippen LogP contribution in [0.1, 0.15) is 50.6 Å². The average molecular weight is 467 g/mol. The van der Waals surface area contributed by atoms with Crippen LogP contribution < -0.4 is 10.5 Å². The third kappa shape index (κ3) is 4.06. The summed E-state index contributed by atoms with van der Waals surface area (Å²) in [7, 11) is 0. The van der Waals surface area contributed by atoms with E-state index in [1.54, 1.807) is 12.3 Å². The molecule has 2 heterocycles. The second-order valence-corrected chi connectivity index (χ2v) is 9.86. The van der Waals surface area contributed by atoms with Crippen molar-refractivity contribution in [3.05, 3.63) is 68.2 Å². The first-order chi connectivity index (χ1) is 14.2. The van der Waals surface area contributed by atoms with Gasteiger partial charge in [-0.1, -0.05) is 42.8 Å². The molecule has 1 saturated heterocycles. The van der Waals surface area contributed by atoms with Crippen molar-refractivity contribution in [2.75, 3.05) is 18.0 Å². The number of nitrogens with zero attached hydrogens (tertiary/aromatic N) is 4.